The predicted molar refractivity (Wildman–Crippen MR) is 80.0 cm³/mol. The minimum Gasteiger partial charge on any atom is -0.477 e. The monoisotopic (exact) mass is 328 g/mol. The normalized spacial score (nSPS) is 17.5. The Bertz CT molecular complexity index is 680. The predicted octanol–water partition coefficient (Wildman–Crippen LogP) is 0.694. The summed E-state index contributed by atoms with van der Waals surface area (Å²) in [5.74, 6) is 1.32. The molecule has 0 saturated carbocycles. The lowest BCUT2D eigenvalue weighted by molar-refractivity contribution is 0.0698. The quantitative estimate of drug-likeness (QED) is 0.823. The van der Waals surface area contributed by atoms with E-state index >= 15 is 0 Å². The van der Waals surface area contributed by atoms with Gasteiger partial charge in [0.05, 0.1) is 6.54 Å². The number of rotatable bonds is 4. The minimum absolute atomic E-state index is 0.0783. The zero-order chi connectivity index (χ0) is 15.6. The first kappa shape index (κ1) is 16.0. The van der Waals surface area contributed by atoms with Crippen LogP contribution in [0.25, 0.3) is 0 Å². The summed E-state index contributed by atoms with van der Waals surface area (Å²) in [6, 6.07) is 0. The van der Waals surface area contributed by atoms with Crippen LogP contribution >= 0.6 is 11.3 Å². The van der Waals surface area contributed by atoms with Crippen LogP contribution in [0.4, 0.5) is 0 Å². The molecule has 114 valence electrons. The molecule has 21 heavy (non-hydrogen) atoms. The molecule has 0 atom stereocenters. The molecule has 2 rings (SSSR count). The molecule has 0 amide bonds. The second-order valence-electron chi connectivity index (χ2n) is 4.77. The van der Waals surface area contributed by atoms with Crippen LogP contribution in [0, 0.1) is 19.3 Å². The van der Waals surface area contributed by atoms with Crippen molar-refractivity contribution in [1.82, 2.24) is 9.21 Å². The second kappa shape index (κ2) is 6.15. The van der Waals surface area contributed by atoms with Crippen LogP contribution in [0.2, 0.25) is 0 Å². The number of aryl methyl sites for hydroxylation is 1. The fraction of sp³-hybridized carbons (Fsp3) is 0.462. The molecule has 0 aliphatic carbocycles. The molecule has 2 heterocycles. The lowest BCUT2D eigenvalue weighted by atomic mass is 10.3. The molecule has 0 spiro atoms. The molecule has 6 nitrogen and oxygen atoms in total. The number of aromatic carboxylic acids is 1. The third kappa shape index (κ3) is 3.11. The highest BCUT2D eigenvalue weighted by molar-refractivity contribution is 7.89. The zero-order valence-corrected chi connectivity index (χ0v) is 13.2. The summed E-state index contributed by atoms with van der Waals surface area (Å²) in [5.41, 5.74) is 0.475. The topological polar surface area (TPSA) is 77.9 Å². The van der Waals surface area contributed by atoms with Crippen molar-refractivity contribution in [3.05, 3.63) is 15.8 Å². The standard InChI is InChI=1S/C13H16N2O4S2/c1-3-4-14-5-7-15(8-6-14)21(18,19)12-10(2)9-20-11(12)13(16)17/h1,9H,4-8H2,2H3,(H,16,17). The summed E-state index contributed by atoms with van der Waals surface area (Å²) in [6.45, 7) is 3.84. The molecule has 0 aromatic carbocycles. The Morgan fingerprint density at radius 1 is 1.43 bits per heavy atom. The fourth-order valence-electron chi connectivity index (χ4n) is 2.29. The average Bonchev–Trinajstić information content (AvgIpc) is 2.82. The maximum atomic E-state index is 12.7. The number of nitrogens with zero attached hydrogens (tertiary/aromatic N) is 2. The molecule has 8 heteroatoms. The van der Waals surface area contributed by atoms with Crippen molar-refractivity contribution in [2.24, 2.45) is 0 Å². The Morgan fingerprint density at radius 3 is 2.57 bits per heavy atom. The number of sulfonamides is 1. The number of carbonyl (C=O) groups is 1. The number of hydrogen-bond donors (Lipinski definition) is 1. The Hall–Kier alpha value is -1.40. The van der Waals surface area contributed by atoms with Gasteiger partial charge in [0.2, 0.25) is 10.0 Å². The molecular weight excluding hydrogens is 312 g/mol. The van der Waals surface area contributed by atoms with E-state index < -0.39 is 16.0 Å². The summed E-state index contributed by atoms with van der Waals surface area (Å²) in [6.07, 6.45) is 5.24. The third-order valence-electron chi connectivity index (χ3n) is 3.36. The van der Waals surface area contributed by atoms with Gasteiger partial charge in [-0.2, -0.15) is 4.31 Å². The minimum atomic E-state index is -3.78. The van der Waals surface area contributed by atoms with E-state index in [1.807, 2.05) is 4.90 Å². The number of hydrogen-bond acceptors (Lipinski definition) is 5. The van der Waals surface area contributed by atoms with Crippen LogP contribution in [-0.4, -0.2) is 61.4 Å². The smallest absolute Gasteiger partial charge is 0.347 e. The maximum Gasteiger partial charge on any atom is 0.347 e. The highest BCUT2D eigenvalue weighted by atomic mass is 32.2. The molecule has 1 aliphatic heterocycles. The van der Waals surface area contributed by atoms with E-state index in [1.54, 1.807) is 12.3 Å². The van der Waals surface area contributed by atoms with Gasteiger partial charge in [-0.05, 0) is 17.9 Å². The molecule has 1 N–H and O–H groups in total. The van der Waals surface area contributed by atoms with Crippen LogP contribution in [0.5, 0.6) is 0 Å². The molecule has 1 saturated heterocycles. The van der Waals surface area contributed by atoms with Gasteiger partial charge in [-0.25, -0.2) is 13.2 Å². The molecule has 1 aromatic heterocycles. The first-order valence-electron chi connectivity index (χ1n) is 6.35. The van der Waals surface area contributed by atoms with Gasteiger partial charge in [0.15, 0.2) is 0 Å². The molecular formula is C13H16N2O4S2. The fourth-order valence-corrected chi connectivity index (χ4v) is 5.29. The van der Waals surface area contributed by atoms with E-state index in [9.17, 15) is 13.2 Å². The second-order valence-corrected chi connectivity index (χ2v) is 7.52. The highest BCUT2D eigenvalue weighted by Crippen LogP contribution is 2.30. The Labute approximate surface area is 128 Å². The van der Waals surface area contributed by atoms with Crippen LogP contribution < -0.4 is 0 Å². The van der Waals surface area contributed by atoms with E-state index in [0.717, 1.165) is 11.3 Å². The van der Waals surface area contributed by atoms with Crippen LogP contribution in [0.1, 0.15) is 15.2 Å². The van der Waals surface area contributed by atoms with E-state index in [-0.39, 0.29) is 9.77 Å². The molecule has 0 radical (unpaired) electrons. The van der Waals surface area contributed by atoms with Crippen molar-refractivity contribution in [3.63, 3.8) is 0 Å². The molecule has 0 bridgehead atoms. The Morgan fingerprint density at radius 2 is 2.05 bits per heavy atom. The van der Waals surface area contributed by atoms with Gasteiger partial charge in [0.1, 0.15) is 9.77 Å². The SMILES string of the molecule is C#CCN1CCN(S(=O)(=O)c2c(C)csc2C(=O)O)CC1. The van der Waals surface area contributed by atoms with Crippen molar-refractivity contribution in [2.75, 3.05) is 32.7 Å². The van der Waals surface area contributed by atoms with Crippen LogP contribution in [-0.2, 0) is 10.0 Å². The van der Waals surface area contributed by atoms with Gasteiger partial charge >= 0.3 is 5.97 Å². The molecule has 1 fully saturated rings. The van der Waals surface area contributed by atoms with Crippen molar-refractivity contribution in [3.8, 4) is 12.3 Å². The van der Waals surface area contributed by atoms with Crippen molar-refractivity contribution >= 4 is 27.3 Å². The number of terminal acetylenes is 1. The number of carboxylic acids is 1. The van der Waals surface area contributed by atoms with Gasteiger partial charge in [-0.1, -0.05) is 5.92 Å². The van der Waals surface area contributed by atoms with E-state index in [0.29, 0.717) is 38.3 Å². The van der Waals surface area contributed by atoms with Crippen LogP contribution in [0.3, 0.4) is 0 Å². The molecule has 0 unspecified atom stereocenters. The molecule has 1 aliphatic rings. The largest absolute Gasteiger partial charge is 0.477 e. The molecule has 1 aromatic rings. The Balaban J connectivity index is 2.26. The summed E-state index contributed by atoms with van der Waals surface area (Å²) < 4.78 is 26.7. The Kier molecular flexibility index (Phi) is 4.68. The first-order valence-corrected chi connectivity index (χ1v) is 8.67. The van der Waals surface area contributed by atoms with Crippen molar-refractivity contribution in [1.29, 1.82) is 0 Å². The third-order valence-corrected chi connectivity index (χ3v) is 6.66. The number of carboxylic acid groups (broad SMARTS) is 1. The summed E-state index contributed by atoms with van der Waals surface area (Å²) in [5, 5.41) is 10.7. The van der Waals surface area contributed by atoms with E-state index in [2.05, 4.69) is 5.92 Å². The lowest BCUT2D eigenvalue weighted by Crippen LogP contribution is -2.48. The summed E-state index contributed by atoms with van der Waals surface area (Å²) in [4.78, 5) is 13.0. The van der Waals surface area contributed by atoms with E-state index in [1.165, 1.54) is 4.31 Å². The average molecular weight is 328 g/mol. The number of piperazine rings is 1. The maximum absolute atomic E-state index is 12.7. The van der Waals surface area contributed by atoms with Gasteiger partial charge in [0.25, 0.3) is 0 Å². The van der Waals surface area contributed by atoms with Crippen LogP contribution in [0.15, 0.2) is 10.3 Å². The zero-order valence-electron chi connectivity index (χ0n) is 11.6. The summed E-state index contributed by atoms with van der Waals surface area (Å²) in [7, 11) is -3.78. The summed E-state index contributed by atoms with van der Waals surface area (Å²) >= 11 is 0.941. The lowest BCUT2D eigenvalue weighted by Gasteiger charge is -2.32. The van der Waals surface area contributed by atoms with Crippen molar-refractivity contribution < 1.29 is 18.3 Å². The van der Waals surface area contributed by atoms with Gasteiger partial charge in [0, 0.05) is 26.2 Å². The number of thiophene rings is 1. The first-order chi connectivity index (χ1) is 9.87. The highest BCUT2D eigenvalue weighted by Gasteiger charge is 2.34. The van der Waals surface area contributed by atoms with Gasteiger partial charge < -0.3 is 5.11 Å². The van der Waals surface area contributed by atoms with Gasteiger partial charge in [-0.15, -0.1) is 17.8 Å². The van der Waals surface area contributed by atoms with Gasteiger partial charge in [-0.3, -0.25) is 4.90 Å². The van der Waals surface area contributed by atoms with Crippen molar-refractivity contribution in [2.45, 2.75) is 11.8 Å². The van der Waals surface area contributed by atoms with E-state index in [4.69, 9.17) is 11.5 Å².